The molecule has 0 unspecified atom stereocenters. The summed E-state index contributed by atoms with van der Waals surface area (Å²) in [6, 6.07) is 10.5. The Labute approximate surface area is 138 Å². The van der Waals surface area contributed by atoms with E-state index in [0.717, 1.165) is 12.8 Å². The van der Waals surface area contributed by atoms with Crippen LogP contribution in [0.4, 0.5) is 0 Å². The van der Waals surface area contributed by atoms with Gasteiger partial charge in [-0.2, -0.15) is 0 Å². The molecule has 2 N–H and O–H groups in total. The van der Waals surface area contributed by atoms with E-state index in [2.05, 4.69) is 24.3 Å². The van der Waals surface area contributed by atoms with E-state index < -0.39 is 11.2 Å². The minimum atomic E-state index is -1.24. The average molecular weight is 317 g/mol. The number of benzene rings is 1. The zero-order valence-corrected chi connectivity index (χ0v) is 14.0. The fourth-order valence-electron chi connectivity index (χ4n) is 3.73. The van der Waals surface area contributed by atoms with E-state index in [4.69, 9.17) is 0 Å². The summed E-state index contributed by atoms with van der Waals surface area (Å²) in [6.07, 6.45) is 3.11. The van der Waals surface area contributed by atoms with Crippen LogP contribution in [0.25, 0.3) is 0 Å². The summed E-state index contributed by atoms with van der Waals surface area (Å²) in [4.78, 5) is 14.2. The van der Waals surface area contributed by atoms with Crippen molar-refractivity contribution in [2.45, 2.75) is 56.7 Å². The van der Waals surface area contributed by atoms with E-state index >= 15 is 0 Å². The smallest absolute Gasteiger partial charge is 0.222 e. The maximum Gasteiger partial charge on any atom is 0.222 e. The van der Waals surface area contributed by atoms with Crippen LogP contribution >= 0.6 is 0 Å². The molecule has 23 heavy (non-hydrogen) atoms. The molecule has 0 bridgehead atoms. The predicted octanol–water partition coefficient (Wildman–Crippen LogP) is 2.30. The van der Waals surface area contributed by atoms with Gasteiger partial charge < -0.3 is 15.1 Å². The first-order valence-electron chi connectivity index (χ1n) is 8.56. The maximum atomic E-state index is 12.5. The highest BCUT2D eigenvalue weighted by atomic mass is 16.4. The average Bonchev–Trinajstić information content (AvgIpc) is 2.46. The van der Waals surface area contributed by atoms with Crippen molar-refractivity contribution in [1.82, 2.24) is 4.90 Å². The molecular weight excluding hydrogens is 290 g/mol. The number of hydrogen-bond donors (Lipinski definition) is 2. The number of carbonyl (C=O) groups is 1. The van der Waals surface area contributed by atoms with E-state index in [0.29, 0.717) is 31.2 Å². The molecule has 0 spiro atoms. The standard InChI is InChI=1S/C19H27NO3/c1-18(22)8-9-20(13-19(18,2)23)17(21)12-14-10-16(11-14)15-6-4-3-5-7-15/h3-7,14,16,22-23H,8-13H2,1-2H3/t14?,16?,18-,19+/m1/s1. The normalized spacial score (nSPS) is 37.3. The zero-order valence-electron chi connectivity index (χ0n) is 14.0. The first-order valence-corrected chi connectivity index (χ1v) is 8.56. The van der Waals surface area contributed by atoms with Gasteiger partial charge in [-0.05, 0) is 50.5 Å². The first-order chi connectivity index (χ1) is 10.8. The zero-order chi connectivity index (χ0) is 16.7. The quantitative estimate of drug-likeness (QED) is 0.899. The van der Waals surface area contributed by atoms with Crippen molar-refractivity contribution in [2.75, 3.05) is 13.1 Å². The third-order valence-corrected chi connectivity index (χ3v) is 5.85. The van der Waals surface area contributed by atoms with Crippen molar-refractivity contribution in [1.29, 1.82) is 0 Å². The lowest BCUT2D eigenvalue weighted by molar-refractivity contribution is -0.178. The topological polar surface area (TPSA) is 60.8 Å². The van der Waals surface area contributed by atoms with Crippen molar-refractivity contribution in [3.05, 3.63) is 35.9 Å². The van der Waals surface area contributed by atoms with Crippen LogP contribution in [-0.2, 0) is 4.79 Å². The minimum absolute atomic E-state index is 0.109. The van der Waals surface area contributed by atoms with Crippen LogP contribution in [0.15, 0.2) is 30.3 Å². The fraction of sp³-hybridized carbons (Fsp3) is 0.632. The Hall–Kier alpha value is -1.39. The van der Waals surface area contributed by atoms with Crippen LogP contribution in [0.1, 0.15) is 51.0 Å². The molecule has 2 atom stereocenters. The van der Waals surface area contributed by atoms with E-state index in [-0.39, 0.29) is 12.5 Å². The van der Waals surface area contributed by atoms with E-state index in [9.17, 15) is 15.0 Å². The molecule has 2 aliphatic rings. The molecule has 1 amide bonds. The molecule has 3 rings (SSSR count). The first kappa shape index (κ1) is 16.5. The highest BCUT2D eigenvalue weighted by molar-refractivity contribution is 5.77. The number of β-amino-alcohol motifs (C(OH)–C–C–N with tert-alkyl or cyclic N) is 1. The third kappa shape index (κ3) is 3.29. The Balaban J connectivity index is 1.50. The number of likely N-dealkylation sites (tertiary alicyclic amines) is 1. The van der Waals surface area contributed by atoms with Gasteiger partial charge >= 0.3 is 0 Å². The van der Waals surface area contributed by atoms with E-state index in [1.54, 1.807) is 18.7 Å². The number of rotatable bonds is 3. The van der Waals surface area contributed by atoms with Gasteiger partial charge in [-0.25, -0.2) is 0 Å². The number of nitrogens with zero attached hydrogens (tertiary/aromatic N) is 1. The third-order valence-electron chi connectivity index (χ3n) is 5.85. The van der Waals surface area contributed by atoms with Crippen molar-refractivity contribution in [2.24, 2.45) is 5.92 Å². The monoisotopic (exact) mass is 317 g/mol. The van der Waals surface area contributed by atoms with Gasteiger partial charge in [-0.3, -0.25) is 4.79 Å². The molecule has 1 aromatic rings. The van der Waals surface area contributed by atoms with Crippen molar-refractivity contribution >= 4 is 5.91 Å². The number of amides is 1. The number of aliphatic hydroxyl groups is 2. The van der Waals surface area contributed by atoms with Gasteiger partial charge in [0.1, 0.15) is 5.60 Å². The highest BCUT2D eigenvalue weighted by Gasteiger charge is 2.47. The van der Waals surface area contributed by atoms with Gasteiger partial charge in [0.05, 0.1) is 12.1 Å². The molecule has 1 aliphatic heterocycles. The van der Waals surface area contributed by atoms with Gasteiger partial charge in [0.2, 0.25) is 5.91 Å². The van der Waals surface area contributed by atoms with E-state index in [1.807, 2.05) is 6.07 Å². The number of piperidine rings is 1. The van der Waals surface area contributed by atoms with Gasteiger partial charge in [-0.1, -0.05) is 30.3 Å². The summed E-state index contributed by atoms with van der Waals surface area (Å²) in [5.74, 6) is 1.14. The molecule has 126 valence electrons. The molecule has 1 saturated heterocycles. The van der Waals surface area contributed by atoms with Gasteiger partial charge in [0.15, 0.2) is 0 Å². The molecule has 4 nitrogen and oxygen atoms in total. The van der Waals surface area contributed by atoms with Crippen LogP contribution in [-0.4, -0.2) is 45.3 Å². The van der Waals surface area contributed by atoms with Crippen molar-refractivity contribution in [3.63, 3.8) is 0 Å². The Morgan fingerprint density at radius 3 is 2.43 bits per heavy atom. The largest absolute Gasteiger partial charge is 0.387 e. The second-order valence-electron chi connectivity index (χ2n) is 7.76. The maximum absolute atomic E-state index is 12.5. The summed E-state index contributed by atoms with van der Waals surface area (Å²) < 4.78 is 0. The molecule has 1 aliphatic carbocycles. The predicted molar refractivity (Wildman–Crippen MR) is 89.0 cm³/mol. The van der Waals surface area contributed by atoms with E-state index in [1.165, 1.54) is 5.56 Å². The summed E-state index contributed by atoms with van der Waals surface area (Å²) in [7, 11) is 0. The van der Waals surface area contributed by atoms with Crippen LogP contribution in [0, 0.1) is 5.92 Å². The van der Waals surface area contributed by atoms with Crippen LogP contribution in [0.2, 0.25) is 0 Å². The minimum Gasteiger partial charge on any atom is -0.387 e. The Morgan fingerprint density at radius 2 is 1.83 bits per heavy atom. The molecule has 4 heteroatoms. The van der Waals surface area contributed by atoms with Crippen molar-refractivity contribution in [3.8, 4) is 0 Å². The highest BCUT2D eigenvalue weighted by Crippen LogP contribution is 2.43. The molecule has 0 aromatic heterocycles. The lowest BCUT2D eigenvalue weighted by Crippen LogP contribution is -2.63. The second kappa shape index (κ2) is 5.91. The van der Waals surface area contributed by atoms with Gasteiger partial charge in [0.25, 0.3) is 0 Å². The lowest BCUT2D eigenvalue weighted by Gasteiger charge is -2.47. The molecule has 1 saturated carbocycles. The Bertz CT molecular complexity index is 561. The SMILES string of the molecule is C[C@]1(O)CN(C(=O)CC2CC(c3ccccc3)C2)CC[C@@]1(C)O. The molecular formula is C19H27NO3. The fourth-order valence-corrected chi connectivity index (χ4v) is 3.73. The molecule has 1 aromatic carbocycles. The summed E-state index contributed by atoms with van der Waals surface area (Å²) >= 11 is 0. The van der Waals surface area contributed by atoms with Crippen LogP contribution < -0.4 is 0 Å². The second-order valence-corrected chi connectivity index (χ2v) is 7.76. The number of carbonyl (C=O) groups excluding carboxylic acids is 1. The molecule has 0 radical (unpaired) electrons. The summed E-state index contributed by atoms with van der Waals surface area (Å²) in [5.41, 5.74) is -1.00. The lowest BCUT2D eigenvalue weighted by atomic mass is 9.70. The van der Waals surface area contributed by atoms with Gasteiger partial charge in [0, 0.05) is 13.0 Å². The Morgan fingerprint density at radius 1 is 1.17 bits per heavy atom. The van der Waals surface area contributed by atoms with Gasteiger partial charge in [-0.15, -0.1) is 0 Å². The van der Waals surface area contributed by atoms with Crippen LogP contribution in [0.5, 0.6) is 0 Å². The summed E-state index contributed by atoms with van der Waals surface area (Å²) in [5, 5.41) is 20.6. The number of hydrogen-bond acceptors (Lipinski definition) is 3. The van der Waals surface area contributed by atoms with Crippen LogP contribution in [0.3, 0.4) is 0 Å². The summed E-state index contributed by atoms with van der Waals surface area (Å²) in [6.45, 7) is 4.00. The Kier molecular flexibility index (Phi) is 4.23. The molecule has 1 heterocycles. The van der Waals surface area contributed by atoms with Crippen molar-refractivity contribution < 1.29 is 15.0 Å². The molecule has 2 fully saturated rings.